The molecule has 1 aliphatic heterocycles. The van der Waals surface area contributed by atoms with Crippen molar-refractivity contribution in [2.75, 3.05) is 6.54 Å². The van der Waals surface area contributed by atoms with Gasteiger partial charge in [-0.15, -0.1) is 0 Å². The molecular weight excluding hydrogens is 369 g/mol. The Balaban J connectivity index is 1.54. The Kier molecular flexibility index (Phi) is 5.71. The van der Waals surface area contributed by atoms with E-state index in [2.05, 4.69) is 27.3 Å². The van der Waals surface area contributed by atoms with Crippen LogP contribution < -0.4 is 5.32 Å². The third-order valence-electron chi connectivity index (χ3n) is 5.15. The number of benzene rings is 2. The zero-order valence-corrected chi connectivity index (χ0v) is 16.4. The second-order valence-electron chi connectivity index (χ2n) is 7.49. The molecule has 2 heterocycles. The van der Waals surface area contributed by atoms with Gasteiger partial charge < -0.3 is 9.73 Å². The topological polar surface area (TPSA) is 58.4 Å². The highest BCUT2D eigenvalue weighted by atomic mass is 19.1. The normalized spacial score (nSPS) is 16.4. The summed E-state index contributed by atoms with van der Waals surface area (Å²) in [5.41, 5.74) is 2.64. The Morgan fingerprint density at radius 3 is 2.72 bits per heavy atom. The number of amides is 1. The molecule has 0 unspecified atom stereocenters. The van der Waals surface area contributed by atoms with E-state index in [1.54, 1.807) is 12.1 Å². The smallest absolute Gasteiger partial charge is 0.226 e. The predicted octanol–water partition coefficient (Wildman–Crippen LogP) is 4.07. The maximum atomic E-state index is 13.6. The lowest BCUT2D eigenvalue weighted by atomic mass is 10.1. The van der Waals surface area contributed by atoms with Gasteiger partial charge in [0.15, 0.2) is 0 Å². The first-order chi connectivity index (χ1) is 14.1. The van der Waals surface area contributed by atoms with Gasteiger partial charge in [-0.25, -0.2) is 9.37 Å². The van der Waals surface area contributed by atoms with Gasteiger partial charge in [-0.05, 0) is 37.1 Å². The SMILES string of the molecule is Cc1oc(-c2cccc(F)c2)nc1CN(Cc1ccccc1)C[C@@H]1CCC(=O)N1. The second kappa shape index (κ2) is 8.57. The fourth-order valence-electron chi connectivity index (χ4n) is 3.68. The van der Waals surface area contributed by atoms with E-state index in [0.29, 0.717) is 24.4 Å². The molecule has 0 radical (unpaired) electrons. The van der Waals surface area contributed by atoms with Crippen LogP contribution in [0.3, 0.4) is 0 Å². The maximum Gasteiger partial charge on any atom is 0.226 e. The third-order valence-corrected chi connectivity index (χ3v) is 5.15. The summed E-state index contributed by atoms with van der Waals surface area (Å²) in [6, 6.07) is 16.6. The van der Waals surface area contributed by atoms with E-state index in [1.807, 2.05) is 25.1 Å². The zero-order valence-electron chi connectivity index (χ0n) is 16.4. The van der Waals surface area contributed by atoms with E-state index in [9.17, 15) is 9.18 Å². The number of hydrogen-bond donors (Lipinski definition) is 1. The van der Waals surface area contributed by atoms with Crippen molar-refractivity contribution >= 4 is 5.91 Å². The van der Waals surface area contributed by atoms with Crippen LogP contribution in [-0.4, -0.2) is 28.4 Å². The fourth-order valence-corrected chi connectivity index (χ4v) is 3.68. The minimum absolute atomic E-state index is 0.112. The molecule has 1 amide bonds. The highest BCUT2D eigenvalue weighted by Gasteiger charge is 2.24. The quantitative estimate of drug-likeness (QED) is 0.657. The van der Waals surface area contributed by atoms with E-state index < -0.39 is 0 Å². The Hall–Kier alpha value is -2.99. The zero-order chi connectivity index (χ0) is 20.2. The monoisotopic (exact) mass is 393 g/mol. The van der Waals surface area contributed by atoms with Crippen LogP contribution in [-0.2, 0) is 17.9 Å². The number of hydrogen-bond acceptors (Lipinski definition) is 4. The highest BCUT2D eigenvalue weighted by molar-refractivity contribution is 5.78. The van der Waals surface area contributed by atoms with Crippen molar-refractivity contribution in [1.82, 2.24) is 15.2 Å². The summed E-state index contributed by atoms with van der Waals surface area (Å²) in [6.45, 7) is 3.95. The first-order valence-corrected chi connectivity index (χ1v) is 9.85. The molecule has 1 fully saturated rings. The van der Waals surface area contributed by atoms with Crippen LogP contribution in [0.15, 0.2) is 59.0 Å². The van der Waals surface area contributed by atoms with Crippen LogP contribution >= 0.6 is 0 Å². The van der Waals surface area contributed by atoms with Crippen molar-refractivity contribution in [2.45, 2.75) is 38.9 Å². The molecule has 6 heteroatoms. The Labute approximate surface area is 169 Å². The van der Waals surface area contributed by atoms with Gasteiger partial charge in [-0.3, -0.25) is 9.69 Å². The molecule has 2 aromatic carbocycles. The van der Waals surface area contributed by atoms with Gasteiger partial charge in [0.25, 0.3) is 0 Å². The molecule has 0 saturated carbocycles. The predicted molar refractivity (Wildman–Crippen MR) is 108 cm³/mol. The van der Waals surface area contributed by atoms with Gasteiger partial charge in [-0.1, -0.05) is 36.4 Å². The Morgan fingerprint density at radius 1 is 1.17 bits per heavy atom. The summed E-state index contributed by atoms with van der Waals surface area (Å²) in [4.78, 5) is 18.5. The van der Waals surface area contributed by atoms with Crippen LogP contribution in [0.25, 0.3) is 11.5 Å². The molecule has 0 bridgehead atoms. The van der Waals surface area contributed by atoms with E-state index in [-0.39, 0.29) is 17.8 Å². The van der Waals surface area contributed by atoms with Crippen molar-refractivity contribution < 1.29 is 13.6 Å². The third kappa shape index (κ3) is 4.90. The number of nitrogens with one attached hydrogen (secondary N) is 1. The molecule has 1 saturated heterocycles. The lowest BCUT2D eigenvalue weighted by molar-refractivity contribution is -0.119. The van der Waals surface area contributed by atoms with Crippen molar-refractivity contribution in [3.63, 3.8) is 0 Å². The average Bonchev–Trinajstić information content (AvgIpc) is 3.28. The van der Waals surface area contributed by atoms with Crippen molar-refractivity contribution in [3.8, 4) is 11.5 Å². The van der Waals surface area contributed by atoms with E-state index in [4.69, 9.17) is 4.42 Å². The van der Waals surface area contributed by atoms with Gasteiger partial charge in [0, 0.05) is 37.7 Å². The minimum atomic E-state index is -0.317. The Bertz CT molecular complexity index is 987. The molecule has 0 spiro atoms. The molecule has 3 aromatic rings. The van der Waals surface area contributed by atoms with E-state index >= 15 is 0 Å². The number of nitrogens with zero attached hydrogens (tertiary/aromatic N) is 2. The first-order valence-electron chi connectivity index (χ1n) is 9.85. The van der Waals surface area contributed by atoms with E-state index in [1.165, 1.54) is 17.7 Å². The van der Waals surface area contributed by atoms with Crippen molar-refractivity contribution in [3.05, 3.63) is 77.4 Å². The summed E-state index contributed by atoms with van der Waals surface area (Å²) in [7, 11) is 0. The molecule has 5 nitrogen and oxygen atoms in total. The number of rotatable bonds is 7. The molecule has 0 aliphatic carbocycles. The van der Waals surface area contributed by atoms with Crippen LogP contribution in [0.1, 0.15) is 29.9 Å². The second-order valence-corrected chi connectivity index (χ2v) is 7.49. The lowest BCUT2D eigenvalue weighted by Gasteiger charge is -2.25. The molecule has 1 aliphatic rings. The summed E-state index contributed by atoms with van der Waals surface area (Å²) in [6.07, 6.45) is 1.42. The van der Waals surface area contributed by atoms with Gasteiger partial charge in [-0.2, -0.15) is 0 Å². The summed E-state index contributed by atoms with van der Waals surface area (Å²) < 4.78 is 19.4. The number of aromatic nitrogens is 1. The summed E-state index contributed by atoms with van der Waals surface area (Å²) >= 11 is 0. The highest BCUT2D eigenvalue weighted by Crippen LogP contribution is 2.24. The largest absolute Gasteiger partial charge is 0.441 e. The van der Waals surface area contributed by atoms with Crippen LogP contribution in [0.4, 0.5) is 4.39 Å². The number of carbonyl (C=O) groups excluding carboxylic acids is 1. The molecule has 150 valence electrons. The van der Waals surface area contributed by atoms with E-state index in [0.717, 1.165) is 31.0 Å². The molecule has 1 N–H and O–H groups in total. The standard InChI is InChI=1S/C23H24FN3O2/c1-16-21(26-23(29-16)18-8-5-9-19(24)12-18)15-27(13-17-6-3-2-4-7-17)14-20-10-11-22(28)25-20/h2-9,12,20H,10-11,13-15H2,1H3,(H,25,28)/t20-/m0/s1. The molecule has 4 rings (SSSR count). The first kappa shape index (κ1) is 19.3. The van der Waals surface area contributed by atoms with Crippen molar-refractivity contribution in [1.29, 1.82) is 0 Å². The number of carbonyl (C=O) groups is 1. The summed E-state index contributed by atoms with van der Waals surface area (Å²) in [5.74, 6) is 0.937. The average molecular weight is 393 g/mol. The maximum absolute atomic E-state index is 13.6. The molecule has 1 aromatic heterocycles. The Morgan fingerprint density at radius 2 is 2.00 bits per heavy atom. The van der Waals surface area contributed by atoms with Gasteiger partial charge in [0.1, 0.15) is 11.6 Å². The number of aryl methyl sites for hydroxylation is 1. The summed E-state index contributed by atoms with van der Waals surface area (Å²) in [5, 5.41) is 3.04. The van der Waals surface area contributed by atoms with Gasteiger partial charge in [0.2, 0.25) is 11.8 Å². The van der Waals surface area contributed by atoms with Gasteiger partial charge in [0.05, 0.1) is 5.69 Å². The molecule has 1 atom stereocenters. The van der Waals surface area contributed by atoms with Crippen LogP contribution in [0, 0.1) is 12.7 Å². The molecular formula is C23H24FN3O2. The lowest BCUT2D eigenvalue weighted by Crippen LogP contribution is -2.38. The number of halogens is 1. The molecule has 29 heavy (non-hydrogen) atoms. The van der Waals surface area contributed by atoms with Gasteiger partial charge >= 0.3 is 0 Å². The number of oxazole rings is 1. The van der Waals surface area contributed by atoms with Crippen LogP contribution in [0.5, 0.6) is 0 Å². The van der Waals surface area contributed by atoms with Crippen molar-refractivity contribution in [2.24, 2.45) is 0 Å². The fraction of sp³-hybridized carbons (Fsp3) is 0.304. The van der Waals surface area contributed by atoms with Crippen LogP contribution in [0.2, 0.25) is 0 Å². The minimum Gasteiger partial charge on any atom is -0.441 e.